The van der Waals surface area contributed by atoms with Crippen LogP contribution >= 0.6 is 0 Å². The van der Waals surface area contributed by atoms with Crippen molar-refractivity contribution in [1.29, 1.82) is 0 Å². The molecule has 0 aromatic heterocycles. The molecule has 0 aliphatic carbocycles. The Kier molecular flexibility index (Phi) is 4.92. The molecule has 0 unspecified atom stereocenters. The molecule has 0 aliphatic rings. The minimum atomic E-state index is -0.204. The second-order valence-corrected chi connectivity index (χ2v) is 3.22. The molecule has 4 nitrogen and oxygen atoms in total. The lowest BCUT2D eigenvalue weighted by Gasteiger charge is -1.96. The van der Waals surface area contributed by atoms with Crippen LogP contribution in [0.15, 0.2) is 52.5 Å². The largest absolute Gasteiger partial charge is 0.513 e. The number of aliphatic hydroxyl groups is 1. The summed E-state index contributed by atoms with van der Waals surface area (Å²) in [4.78, 5) is 11.4. The van der Waals surface area contributed by atoms with Crippen LogP contribution in [-0.2, 0) is 4.79 Å². The van der Waals surface area contributed by atoms with Gasteiger partial charge in [0.15, 0.2) is 11.5 Å². The lowest BCUT2D eigenvalue weighted by molar-refractivity contribution is -0.115. The summed E-state index contributed by atoms with van der Waals surface area (Å²) >= 11 is 0. The van der Waals surface area contributed by atoms with Crippen LogP contribution in [0.1, 0.15) is 19.8 Å². The number of hydrogen-bond donors (Lipinski definition) is 1. The molecule has 0 bridgehead atoms. The molecule has 1 N–H and O–H groups in total. The third-order valence-electron chi connectivity index (χ3n) is 1.91. The summed E-state index contributed by atoms with van der Waals surface area (Å²) in [5.74, 6) is -0.204. The van der Waals surface area contributed by atoms with Crippen LogP contribution in [0.5, 0.6) is 0 Å². The molecule has 0 saturated carbocycles. The fourth-order valence-corrected chi connectivity index (χ4v) is 1.11. The zero-order valence-corrected chi connectivity index (χ0v) is 9.13. The second-order valence-electron chi connectivity index (χ2n) is 3.22. The smallest absolute Gasteiger partial charge is 0.186 e. The molecule has 0 amide bonds. The average molecular weight is 218 g/mol. The Morgan fingerprint density at radius 3 is 2.62 bits per heavy atom. The van der Waals surface area contributed by atoms with Gasteiger partial charge in [-0.2, -0.15) is 5.11 Å². The van der Waals surface area contributed by atoms with E-state index in [4.69, 9.17) is 5.11 Å². The highest BCUT2D eigenvalue weighted by atomic mass is 16.2. The average Bonchev–Trinajstić information content (AvgIpc) is 2.31. The number of carbonyl (C=O) groups is 1. The minimum absolute atomic E-state index is 0.00861. The molecule has 0 atom stereocenters. The van der Waals surface area contributed by atoms with E-state index in [1.807, 2.05) is 25.1 Å². The van der Waals surface area contributed by atoms with Crippen LogP contribution in [0.4, 0.5) is 5.69 Å². The number of hydrogen-bond acceptors (Lipinski definition) is 4. The van der Waals surface area contributed by atoms with E-state index in [0.717, 1.165) is 6.42 Å². The van der Waals surface area contributed by atoms with Crippen LogP contribution in [0, 0.1) is 0 Å². The van der Waals surface area contributed by atoms with Crippen molar-refractivity contribution >= 4 is 11.5 Å². The first kappa shape index (κ1) is 12.1. The Balaban J connectivity index is 2.72. The number of Topliss-reactive ketones (excluding diaryl/α,β-unsaturated/α-hetero) is 1. The Hall–Kier alpha value is -1.97. The predicted octanol–water partition coefficient (Wildman–Crippen LogP) is 3.54. The molecule has 0 spiro atoms. The van der Waals surface area contributed by atoms with Gasteiger partial charge in [0.1, 0.15) is 6.26 Å². The van der Waals surface area contributed by atoms with E-state index in [1.54, 1.807) is 12.1 Å². The topological polar surface area (TPSA) is 62.0 Å². The Labute approximate surface area is 94.3 Å². The van der Waals surface area contributed by atoms with Crippen LogP contribution in [0.3, 0.4) is 0 Å². The van der Waals surface area contributed by atoms with E-state index in [1.165, 1.54) is 0 Å². The molecule has 16 heavy (non-hydrogen) atoms. The third-order valence-corrected chi connectivity index (χ3v) is 1.91. The molecule has 1 rings (SSSR count). The van der Waals surface area contributed by atoms with Gasteiger partial charge in [-0.3, -0.25) is 4.79 Å². The fourth-order valence-electron chi connectivity index (χ4n) is 1.11. The Morgan fingerprint density at radius 2 is 2.06 bits per heavy atom. The maximum Gasteiger partial charge on any atom is 0.186 e. The number of carbonyl (C=O) groups excluding carboxylic acids is 1. The highest BCUT2D eigenvalue weighted by Gasteiger charge is 2.07. The number of rotatable bonds is 5. The van der Waals surface area contributed by atoms with Crippen LogP contribution in [0.25, 0.3) is 0 Å². The van der Waals surface area contributed by atoms with Crippen molar-refractivity contribution in [3.05, 3.63) is 42.3 Å². The van der Waals surface area contributed by atoms with E-state index in [0.29, 0.717) is 18.4 Å². The summed E-state index contributed by atoms with van der Waals surface area (Å²) in [5.41, 5.74) is 0.636. The van der Waals surface area contributed by atoms with Crippen molar-refractivity contribution in [3.8, 4) is 0 Å². The molecule has 4 heteroatoms. The van der Waals surface area contributed by atoms with Gasteiger partial charge in [-0.25, -0.2) is 0 Å². The minimum Gasteiger partial charge on any atom is -0.513 e. The molecular weight excluding hydrogens is 204 g/mol. The maximum absolute atomic E-state index is 11.4. The summed E-state index contributed by atoms with van der Waals surface area (Å²) in [7, 11) is 0. The van der Waals surface area contributed by atoms with E-state index in [2.05, 4.69) is 10.2 Å². The number of benzene rings is 1. The molecule has 0 radical (unpaired) electrons. The number of azo groups is 1. The first-order chi connectivity index (χ1) is 7.77. The van der Waals surface area contributed by atoms with Crippen molar-refractivity contribution < 1.29 is 9.90 Å². The van der Waals surface area contributed by atoms with Crippen molar-refractivity contribution in [3.63, 3.8) is 0 Å². The molecule has 0 fully saturated rings. The summed E-state index contributed by atoms with van der Waals surface area (Å²) in [6.45, 7) is 1.89. The monoisotopic (exact) mass is 218 g/mol. The number of aliphatic hydroxyl groups excluding tert-OH is 1. The summed E-state index contributed by atoms with van der Waals surface area (Å²) in [5, 5.41) is 16.4. The SMILES string of the molecule is CCCC(=O)/C(=C\O)N=Nc1ccccc1. The first-order valence-electron chi connectivity index (χ1n) is 5.12. The highest BCUT2D eigenvalue weighted by Crippen LogP contribution is 2.13. The normalized spacial score (nSPS) is 11.9. The predicted molar refractivity (Wildman–Crippen MR) is 61.6 cm³/mol. The van der Waals surface area contributed by atoms with Gasteiger partial charge < -0.3 is 5.11 Å². The van der Waals surface area contributed by atoms with E-state index < -0.39 is 0 Å². The molecule has 1 aromatic carbocycles. The molecule has 0 saturated heterocycles. The van der Waals surface area contributed by atoms with Crippen LogP contribution in [0.2, 0.25) is 0 Å². The van der Waals surface area contributed by atoms with Crippen LogP contribution < -0.4 is 0 Å². The van der Waals surface area contributed by atoms with Gasteiger partial charge in [-0.1, -0.05) is 25.1 Å². The zero-order chi connectivity index (χ0) is 11.8. The Bertz CT molecular complexity index is 397. The van der Waals surface area contributed by atoms with Crippen molar-refractivity contribution in [2.24, 2.45) is 10.2 Å². The number of allylic oxidation sites excluding steroid dienone is 1. The lowest BCUT2D eigenvalue weighted by atomic mass is 10.2. The van der Waals surface area contributed by atoms with Gasteiger partial charge in [0, 0.05) is 6.42 Å². The van der Waals surface area contributed by atoms with E-state index in [9.17, 15) is 4.79 Å². The first-order valence-corrected chi connectivity index (χ1v) is 5.12. The molecule has 0 heterocycles. The van der Waals surface area contributed by atoms with Crippen molar-refractivity contribution in [2.45, 2.75) is 19.8 Å². The Morgan fingerprint density at radius 1 is 1.38 bits per heavy atom. The highest BCUT2D eigenvalue weighted by molar-refractivity contribution is 5.94. The zero-order valence-electron chi connectivity index (χ0n) is 9.13. The van der Waals surface area contributed by atoms with Gasteiger partial charge in [-0.05, 0) is 18.6 Å². The van der Waals surface area contributed by atoms with Gasteiger partial charge in [0.05, 0.1) is 5.69 Å². The number of ketones is 1. The van der Waals surface area contributed by atoms with Crippen molar-refractivity contribution in [2.75, 3.05) is 0 Å². The van der Waals surface area contributed by atoms with Crippen molar-refractivity contribution in [1.82, 2.24) is 0 Å². The second kappa shape index (κ2) is 6.50. The summed E-state index contributed by atoms with van der Waals surface area (Å²) < 4.78 is 0. The van der Waals surface area contributed by atoms with Gasteiger partial charge in [-0.15, -0.1) is 5.11 Å². The molecular formula is C12H14N2O2. The van der Waals surface area contributed by atoms with E-state index >= 15 is 0 Å². The third kappa shape index (κ3) is 3.65. The molecule has 84 valence electrons. The van der Waals surface area contributed by atoms with Gasteiger partial charge >= 0.3 is 0 Å². The number of nitrogens with zero attached hydrogens (tertiary/aromatic N) is 2. The van der Waals surface area contributed by atoms with Gasteiger partial charge in [0.25, 0.3) is 0 Å². The molecule has 1 aromatic rings. The van der Waals surface area contributed by atoms with E-state index in [-0.39, 0.29) is 11.5 Å². The maximum atomic E-state index is 11.4. The van der Waals surface area contributed by atoms with Crippen LogP contribution in [-0.4, -0.2) is 10.9 Å². The lowest BCUT2D eigenvalue weighted by Crippen LogP contribution is -1.99. The van der Waals surface area contributed by atoms with Gasteiger partial charge in [0.2, 0.25) is 0 Å². The quantitative estimate of drug-likeness (QED) is 0.466. The molecule has 0 aliphatic heterocycles. The standard InChI is InChI=1S/C12H14N2O2/c1-2-6-12(16)11(9-15)14-13-10-7-4-3-5-8-10/h3-5,7-9,15H,2,6H2,1H3/b11-9+,14-13?. The fraction of sp³-hybridized carbons (Fsp3) is 0.250. The summed E-state index contributed by atoms with van der Waals surface area (Å²) in [6.07, 6.45) is 1.78. The summed E-state index contributed by atoms with van der Waals surface area (Å²) in [6, 6.07) is 9.05.